The number of hydrogen-bond donors (Lipinski definition) is 1. The first-order valence-corrected chi connectivity index (χ1v) is 6.47. The van der Waals surface area contributed by atoms with Gasteiger partial charge in [0, 0.05) is 17.6 Å². The minimum absolute atomic E-state index is 0.404. The van der Waals surface area contributed by atoms with Crippen LogP contribution in [0.5, 0.6) is 0 Å². The molecule has 1 aromatic carbocycles. The van der Waals surface area contributed by atoms with E-state index in [0.717, 1.165) is 28.9 Å². The molecule has 0 spiro atoms. The second-order valence-corrected chi connectivity index (χ2v) is 5.48. The third kappa shape index (κ3) is 1.80. The van der Waals surface area contributed by atoms with E-state index in [1.165, 1.54) is 12.8 Å². The van der Waals surface area contributed by atoms with E-state index >= 15 is 0 Å². The van der Waals surface area contributed by atoms with Crippen molar-refractivity contribution in [3.8, 4) is 0 Å². The van der Waals surface area contributed by atoms with Gasteiger partial charge in [0.05, 0.1) is 23.6 Å². The van der Waals surface area contributed by atoms with Gasteiger partial charge in [-0.05, 0) is 31.0 Å². The molecule has 2 aliphatic heterocycles. The molecule has 2 bridgehead atoms. The number of hydrogen-bond acceptors (Lipinski definition) is 3. The van der Waals surface area contributed by atoms with Crippen molar-refractivity contribution in [3.63, 3.8) is 0 Å². The van der Waals surface area contributed by atoms with Crippen molar-refractivity contribution < 1.29 is 4.74 Å². The molecule has 3 nitrogen and oxygen atoms in total. The maximum Gasteiger partial charge on any atom is 0.0755 e. The molecule has 2 fully saturated rings. The lowest BCUT2D eigenvalue weighted by Gasteiger charge is -2.34. The number of morpholine rings is 1. The van der Waals surface area contributed by atoms with E-state index in [1.54, 1.807) is 0 Å². The van der Waals surface area contributed by atoms with E-state index in [1.807, 2.05) is 12.1 Å². The fraction of sp³-hybridized carbons (Fsp3) is 0.500. The lowest BCUT2D eigenvalue weighted by atomic mass is 10.2. The maximum absolute atomic E-state index is 6.05. The number of fused-ring (bicyclic) bond motifs is 2. The van der Waals surface area contributed by atoms with Gasteiger partial charge in [-0.25, -0.2) is 0 Å². The first-order valence-electron chi connectivity index (χ1n) is 5.68. The molecule has 0 aliphatic carbocycles. The van der Waals surface area contributed by atoms with Gasteiger partial charge in [0.2, 0.25) is 0 Å². The van der Waals surface area contributed by atoms with Gasteiger partial charge in [0.25, 0.3) is 0 Å². The van der Waals surface area contributed by atoms with Gasteiger partial charge in [-0.2, -0.15) is 0 Å². The van der Waals surface area contributed by atoms with Crippen molar-refractivity contribution in [2.45, 2.75) is 25.0 Å². The Kier molecular flexibility index (Phi) is 2.56. The standard InChI is InChI=1S/C12H15BrN2O/c13-8-1-4-12(11(14)5-8)15-6-9-2-3-10(7-15)16-9/h1,4-5,9-10H,2-3,6-7,14H2. The summed E-state index contributed by atoms with van der Waals surface area (Å²) >= 11 is 3.43. The fourth-order valence-electron chi connectivity index (χ4n) is 2.62. The summed E-state index contributed by atoms with van der Waals surface area (Å²) in [6.07, 6.45) is 3.19. The molecule has 0 amide bonds. The molecule has 2 unspecified atom stereocenters. The summed E-state index contributed by atoms with van der Waals surface area (Å²) in [7, 11) is 0. The monoisotopic (exact) mass is 282 g/mol. The van der Waals surface area contributed by atoms with Crippen molar-refractivity contribution in [1.82, 2.24) is 0 Å². The molecule has 2 aliphatic rings. The number of ether oxygens (including phenoxy) is 1. The van der Waals surface area contributed by atoms with Gasteiger partial charge in [-0.1, -0.05) is 15.9 Å². The Labute approximate surface area is 104 Å². The topological polar surface area (TPSA) is 38.5 Å². The van der Waals surface area contributed by atoms with E-state index in [4.69, 9.17) is 10.5 Å². The van der Waals surface area contributed by atoms with Crippen molar-refractivity contribution in [3.05, 3.63) is 22.7 Å². The number of halogens is 1. The Bertz CT molecular complexity index is 398. The van der Waals surface area contributed by atoms with Crippen LogP contribution < -0.4 is 10.6 Å². The number of rotatable bonds is 1. The Balaban J connectivity index is 1.87. The van der Waals surface area contributed by atoms with Crippen LogP contribution in [-0.4, -0.2) is 25.3 Å². The Morgan fingerprint density at radius 1 is 1.25 bits per heavy atom. The molecule has 2 saturated heterocycles. The minimum atomic E-state index is 0.404. The van der Waals surface area contributed by atoms with Gasteiger partial charge < -0.3 is 15.4 Å². The average Bonchev–Trinajstić information content (AvgIpc) is 2.58. The van der Waals surface area contributed by atoms with Crippen LogP contribution in [0, 0.1) is 0 Å². The smallest absolute Gasteiger partial charge is 0.0755 e. The van der Waals surface area contributed by atoms with E-state index in [9.17, 15) is 0 Å². The molecule has 2 atom stereocenters. The van der Waals surface area contributed by atoms with Crippen LogP contribution in [0.25, 0.3) is 0 Å². The average molecular weight is 283 g/mol. The zero-order chi connectivity index (χ0) is 11.1. The Hall–Kier alpha value is -0.740. The number of benzene rings is 1. The van der Waals surface area contributed by atoms with Crippen molar-refractivity contribution in [2.75, 3.05) is 23.7 Å². The summed E-state index contributed by atoms with van der Waals surface area (Å²) in [4.78, 5) is 2.35. The van der Waals surface area contributed by atoms with E-state index in [-0.39, 0.29) is 0 Å². The number of nitrogens with two attached hydrogens (primary N) is 1. The van der Waals surface area contributed by atoms with Crippen LogP contribution in [0.2, 0.25) is 0 Å². The summed E-state index contributed by atoms with van der Waals surface area (Å²) in [5, 5.41) is 0. The zero-order valence-electron chi connectivity index (χ0n) is 9.03. The molecule has 86 valence electrons. The normalized spacial score (nSPS) is 28.4. The number of nitrogen functional groups attached to an aromatic ring is 1. The van der Waals surface area contributed by atoms with Crippen molar-refractivity contribution >= 4 is 27.3 Å². The molecule has 0 saturated carbocycles. The summed E-state index contributed by atoms with van der Waals surface area (Å²) in [6, 6.07) is 6.10. The van der Waals surface area contributed by atoms with Crippen LogP contribution in [0.4, 0.5) is 11.4 Å². The highest BCUT2D eigenvalue weighted by molar-refractivity contribution is 9.10. The summed E-state index contributed by atoms with van der Waals surface area (Å²) in [6.45, 7) is 1.95. The van der Waals surface area contributed by atoms with E-state index < -0.39 is 0 Å². The first kappa shape index (κ1) is 10.4. The van der Waals surface area contributed by atoms with Crippen LogP contribution in [0.1, 0.15) is 12.8 Å². The quantitative estimate of drug-likeness (QED) is 0.804. The molecule has 2 N–H and O–H groups in total. The lowest BCUT2D eigenvalue weighted by Crippen LogP contribution is -2.42. The predicted molar refractivity (Wildman–Crippen MR) is 68.7 cm³/mol. The third-order valence-electron chi connectivity index (χ3n) is 3.37. The van der Waals surface area contributed by atoms with Crippen LogP contribution in [-0.2, 0) is 4.74 Å². The largest absolute Gasteiger partial charge is 0.397 e. The fourth-order valence-corrected chi connectivity index (χ4v) is 3.00. The summed E-state index contributed by atoms with van der Waals surface area (Å²) in [5.74, 6) is 0. The zero-order valence-corrected chi connectivity index (χ0v) is 10.6. The molecule has 16 heavy (non-hydrogen) atoms. The molecular weight excluding hydrogens is 268 g/mol. The summed E-state index contributed by atoms with van der Waals surface area (Å²) in [5.41, 5.74) is 8.04. The van der Waals surface area contributed by atoms with Gasteiger partial charge in [0.15, 0.2) is 0 Å². The van der Waals surface area contributed by atoms with Gasteiger partial charge >= 0.3 is 0 Å². The second kappa shape index (κ2) is 3.93. The second-order valence-electron chi connectivity index (χ2n) is 4.57. The highest BCUT2D eigenvalue weighted by Gasteiger charge is 2.34. The van der Waals surface area contributed by atoms with Crippen LogP contribution in [0.15, 0.2) is 22.7 Å². The molecule has 0 aromatic heterocycles. The molecule has 4 heteroatoms. The minimum Gasteiger partial charge on any atom is -0.397 e. The molecule has 0 radical (unpaired) electrons. The maximum atomic E-state index is 6.05. The van der Waals surface area contributed by atoms with Crippen molar-refractivity contribution in [1.29, 1.82) is 0 Å². The molecule has 1 aromatic rings. The lowest BCUT2D eigenvalue weighted by molar-refractivity contribution is 0.0305. The van der Waals surface area contributed by atoms with Crippen LogP contribution in [0.3, 0.4) is 0 Å². The van der Waals surface area contributed by atoms with Crippen LogP contribution >= 0.6 is 15.9 Å². The van der Waals surface area contributed by atoms with Gasteiger partial charge in [-0.15, -0.1) is 0 Å². The van der Waals surface area contributed by atoms with Gasteiger partial charge in [-0.3, -0.25) is 0 Å². The Morgan fingerprint density at radius 2 is 1.94 bits per heavy atom. The third-order valence-corrected chi connectivity index (χ3v) is 3.87. The highest BCUT2D eigenvalue weighted by atomic mass is 79.9. The summed E-state index contributed by atoms with van der Waals surface area (Å²) < 4.78 is 6.85. The Morgan fingerprint density at radius 3 is 2.56 bits per heavy atom. The molecule has 2 heterocycles. The highest BCUT2D eigenvalue weighted by Crippen LogP contribution is 2.33. The predicted octanol–water partition coefficient (Wildman–Crippen LogP) is 2.40. The van der Waals surface area contributed by atoms with E-state index in [0.29, 0.717) is 12.2 Å². The van der Waals surface area contributed by atoms with Crippen molar-refractivity contribution in [2.24, 2.45) is 0 Å². The van der Waals surface area contributed by atoms with E-state index in [2.05, 4.69) is 26.9 Å². The number of nitrogens with zero attached hydrogens (tertiary/aromatic N) is 1. The SMILES string of the molecule is Nc1cc(Br)ccc1N1CC2CCC(C1)O2. The molecular formula is C12H15BrN2O. The van der Waals surface area contributed by atoms with Gasteiger partial charge in [0.1, 0.15) is 0 Å². The number of anilines is 2. The molecule has 3 rings (SSSR count). The first-order chi connectivity index (χ1) is 7.72.